The Hall–Kier alpha value is -3.81. The number of hydrogen-bond donors (Lipinski definition) is 1. The Morgan fingerprint density at radius 2 is 1.72 bits per heavy atom. The quantitative estimate of drug-likeness (QED) is 0.400. The number of imide groups is 2. The summed E-state index contributed by atoms with van der Waals surface area (Å²) >= 11 is 0. The van der Waals surface area contributed by atoms with Crippen LogP contribution < -0.4 is 10.2 Å². The number of nitrogens with zero attached hydrogens (tertiary/aromatic N) is 2. The van der Waals surface area contributed by atoms with E-state index in [2.05, 4.69) is 5.32 Å². The molecule has 0 aromatic heterocycles. The largest absolute Gasteiger partial charge is 0.335 e. The number of amides is 4. The molecule has 0 spiro atoms. The minimum Gasteiger partial charge on any atom is -0.273 e. The van der Waals surface area contributed by atoms with Crippen molar-refractivity contribution in [1.29, 1.82) is 0 Å². The molecule has 4 amide bonds. The van der Waals surface area contributed by atoms with E-state index >= 15 is 0 Å². The van der Waals surface area contributed by atoms with E-state index in [1.165, 1.54) is 24.3 Å². The molecule has 2 aromatic carbocycles. The van der Waals surface area contributed by atoms with E-state index < -0.39 is 22.8 Å². The molecule has 1 aliphatic heterocycles. The van der Waals surface area contributed by atoms with Crippen LogP contribution in [0.5, 0.6) is 0 Å². The average molecular weight is 337 g/mol. The maximum absolute atomic E-state index is 12.6. The highest BCUT2D eigenvalue weighted by Gasteiger charge is 2.37. The van der Waals surface area contributed by atoms with E-state index in [4.69, 9.17) is 0 Å². The molecule has 0 radical (unpaired) electrons. The number of nitro groups is 1. The number of nitrogens with one attached hydrogen (secondary N) is 1. The van der Waals surface area contributed by atoms with Crippen molar-refractivity contribution in [2.45, 2.75) is 0 Å². The highest BCUT2D eigenvalue weighted by molar-refractivity contribution is 6.39. The van der Waals surface area contributed by atoms with Crippen molar-refractivity contribution < 1.29 is 19.3 Å². The molecular formula is C17H11N3O5. The van der Waals surface area contributed by atoms with Crippen molar-refractivity contribution in [3.63, 3.8) is 0 Å². The van der Waals surface area contributed by atoms with Gasteiger partial charge in [0.15, 0.2) is 0 Å². The molecule has 8 nitrogen and oxygen atoms in total. The van der Waals surface area contributed by atoms with Crippen molar-refractivity contribution in [3.8, 4) is 0 Å². The molecule has 0 aliphatic carbocycles. The van der Waals surface area contributed by atoms with Crippen LogP contribution in [-0.4, -0.2) is 22.8 Å². The van der Waals surface area contributed by atoms with Crippen molar-refractivity contribution in [2.75, 3.05) is 4.90 Å². The Morgan fingerprint density at radius 3 is 2.40 bits per heavy atom. The number of rotatable bonds is 3. The van der Waals surface area contributed by atoms with E-state index in [0.717, 1.165) is 6.07 Å². The Labute approximate surface area is 141 Å². The van der Waals surface area contributed by atoms with Crippen LogP contribution in [0, 0.1) is 10.1 Å². The Bertz CT molecular complexity index is 921. The van der Waals surface area contributed by atoms with Gasteiger partial charge in [-0.15, -0.1) is 0 Å². The van der Waals surface area contributed by atoms with Crippen LogP contribution in [0.1, 0.15) is 5.56 Å². The standard InChI is InChI=1S/C17H11N3O5/c21-15-14(9-11-5-2-1-3-6-11)16(22)19(17(23)18-15)12-7-4-8-13(10-12)20(24)25/h1-10H,(H,18,21,23)/b14-9+. The van der Waals surface area contributed by atoms with E-state index in [0.29, 0.717) is 10.5 Å². The van der Waals surface area contributed by atoms with E-state index in [9.17, 15) is 24.5 Å². The third-order valence-electron chi connectivity index (χ3n) is 3.51. The molecule has 0 saturated carbocycles. The molecule has 1 heterocycles. The number of barbiturate groups is 1. The van der Waals surface area contributed by atoms with Crippen LogP contribution in [0.3, 0.4) is 0 Å². The average Bonchev–Trinajstić information content (AvgIpc) is 2.59. The molecule has 3 rings (SSSR count). The molecule has 25 heavy (non-hydrogen) atoms. The molecule has 8 heteroatoms. The molecule has 2 aromatic rings. The molecule has 1 aliphatic rings. The minimum atomic E-state index is -0.958. The Kier molecular flexibility index (Phi) is 4.09. The normalized spacial score (nSPS) is 16.1. The summed E-state index contributed by atoms with van der Waals surface area (Å²) in [7, 11) is 0. The summed E-state index contributed by atoms with van der Waals surface area (Å²) in [5, 5.41) is 13.0. The highest BCUT2D eigenvalue weighted by atomic mass is 16.6. The lowest BCUT2D eigenvalue weighted by atomic mass is 10.1. The van der Waals surface area contributed by atoms with Crippen LogP contribution in [0.15, 0.2) is 60.2 Å². The monoisotopic (exact) mass is 337 g/mol. The van der Waals surface area contributed by atoms with E-state index in [-0.39, 0.29) is 16.9 Å². The van der Waals surface area contributed by atoms with Gasteiger partial charge in [-0.05, 0) is 17.7 Å². The smallest absolute Gasteiger partial charge is 0.273 e. The molecular weight excluding hydrogens is 326 g/mol. The van der Waals surface area contributed by atoms with E-state index in [1.54, 1.807) is 30.3 Å². The second-order valence-electron chi connectivity index (χ2n) is 5.15. The zero-order chi connectivity index (χ0) is 18.0. The van der Waals surface area contributed by atoms with Crippen molar-refractivity contribution >= 4 is 35.3 Å². The number of carbonyl (C=O) groups excluding carboxylic acids is 3. The maximum Gasteiger partial charge on any atom is 0.335 e. The second kappa shape index (κ2) is 6.36. The molecule has 0 atom stereocenters. The topological polar surface area (TPSA) is 110 Å². The number of anilines is 1. The number of urea groups is 1. The highest BCUT2D eigenvalue weighted by Crippen LogP contribution is 2.25. The zero-order valence-electron chi connectivity index (χ0n) is 12.7. The molecule has 1 saturated heterocycles. The molecule has 1 fully saturated rings. The molecule has 1 N–H and O–H groups in total. The van der Waals surface area contributed by atoms with Gasteiger partial charge < -0.3 is 0 Å². The van der Waals surface area contributed by atoms with Gasteiger partial charge in [-0.1, -0.05) is 36.4 Å². The van der Waals surface area contributed by atoms with Gasteiger partial charge in [0.05, 0.1) is 10.6 Å². The number of carbonyl (C=O) groups is 3. The number of hydrogen-bond acceptors (Lipinski definition) is 5. The first-order valence-electron chi connectivity index (χ1n) is 7.18. The number of nitro benzene ring substituents is 1. The van der Waals surface area contributed by atoms with Crippen LogP contribution in [0.25, 0.3) is 6.08 Å². The predicted octanol–water partition coefficient (Wildman–Crippen LogP) is 2.26. The fraction of sp³-hybridized carbons (Fsp3) is 0. The molecule has 0 unspecified atom stereocenters. The molecule has 0 bridgehead atoms. The van der Waals surface area contributed by atoms with Crippen molar-refractivity contribution in [1.82, 2.24) is 5.32 Å². The summed E-state index contributed by atoms with van der Waals surface area (Å²) in [5.74, 6) is -1.67. The SMILES string of the molecule is O=C1NC(=O)N(c2cccc([N+](=O)[O-])c2)C(=O)/C1=C/c1ccccc1. The summed E-state index contributed by atoms with van der Waals surface area (Å²) in [6, 6.07) is 12.7. The van der Waals surface area contributed by atoms with Crippen LogP contribution >= 0.6 is 0 Å². The Morgan fingerprint density at radius 1 is 1.00 bits per heavy atom. The fourth-order valence-corrected chi connectivity index (χ4v) is 2.35. The lowest BCUT2D eigenvalue weighted by Gasteiger charge is -2.26. The number of non-ortho nitro benzene ring substituents is 1. The van der Waals surface area contributed by atoms with Gasteiger partial charge in [0, 0.05) is 12.1 Å². The molecule has 124 valence electrons. The first kappa shape index (κ1) is 16.1. The van der Waals surface area contributed by atoms with Gasteiger partial charge in [-0.25, -0.2) is 9.69 Å². The van der Waals surface area contributed by atoms with Crippen LogP contribution in [0.2, 0.25) is 0 Å². The van der Waals surface area contributed by atoms with Gasteiger partial charge in [-0.2, -0.15) is 0 Å². The van der Waals surface area contributed by atoms with Gasteiger partial charge in [0.25, 0.3) is 17.5 Å². The predicted molar refractivity (Wildman–Crippen MR) is 88.5 cm³/mol. The summed E-state index contributed by atoms with van der Waals surface area (Å²) in [4.78, 5) is 47.7. The summed E-state index contributed by atoms with van der Waals surface area (Å²) in [6.07, 6.45) is 1.36. The zero-order valence-corrected chi connectivity index (χ0v) is 12.7. The maximum atomic E-state index is 12.6. The second-order valence-corrected chi connectivity index (χ2v) is 5.15. The van der Waals surface area contributed by atoms with Crippen LogP contribution in [-0.2, 0) is 9.59 Å². The van der Waals surface area contributed by atoms with Gasteiger partial charge in [0.1, 0.15) is 5.57 Å². The first-order chi connectivity index (χ1) is 12.0. The fourth-order valence-electron chi connectivity index (χ4n) is 2.35. The van der Waals surface area contributed by atoms with Crippen LogP contribution in [0.4, 0.5) is 16.2 Å². The minimum absolute atomic E-state index is 0.00293. The lowest BCUT2D eigenvalue weighted by molar-refractivity contribution is -0.384. The Balaban J connectivity index is 2.03. The van der Waals surface area contributed by atoms with E-state index in [1.807, 2.05) is 0 Å². The third kappa shape index (κ3) is 3.13. The van der Waals surface area contributed by atoms with Crippen molar-refractivity contribution in [3.05, 3.63) is 75.8 Å². The van der Waals surface area contributed by atoms with Crippen molar-refractivity contribution in [2.24, 2.45) is 0 Å². The van der Waals surface area contributed by atoms with Gasteiger partial charge in [0.2, 0.25) is 0 Å². The lowest BCUT2D eigenvalue weighted by Crippen LogP contribution is -2.54. The number of benzene rings is 2. The summed E-state index contributed by atoms with van der Waals surface area (Å²) in [6.45, 7) is 0. The summed E-state index contributed by atoms with van der Waals surface area (Å²) in [5.41, 5.74) is 0.0957. The summed E-state index contributed by atoms with van der Waals surface area (Å²) < 4.78 is 0. The third-order valence-corrected chi connectivity index (χ3v) is 3.51. The first-order valence-corrected chi connectivity index (χ1v) is 7.18. The van der Waals surface area contributed by atoms with Gasteiger partial charge in [-0.3, -0.25) is 25.0 Å². The van der Waals surface area contributed by atoms with Gasteiger partial charge >= 0.3 is 6.03 Å².